The first kappa shape index (κ1) is 16.4. The maximum atomic E-state index is 12.4. The molecule has 27 heavy (non-hydrogen) atoms. The van der Waals surface area contributed by atoms with Crippen LogP contribution in [0.5, 0.6) is 0 Å². The molecule has 6 nitrogen and oxygen atoms in total. The number of hydrogen-bond donors (Lipinski definition) is 1. The highest BCUT2D eigenvalue weighted by molar-refractivity contribution is 5.92. The molecule has 0 spiro atoms. The Labute approximate surface area is 157 Å². The van der Waals surface area contributed by atoms with E-state index in [1.54, 1.807) is 6.07 Å². The van der Waals surface area contributed by atoms with Crippen molar-refractivity contribution in [2.24, 2.45) is 0 Å². The fraction of sp³-hybridized carbons (Fsp3) is 0.381. The summed E-state index contributed by atoms with van der Waals surface area (Å²) in [7, 11) is 0. The molecule has 2 aromatic heterocycles. The Morgan fingerprint density at radius 2 is 2.15 bits per heavy atom. The van der Waals surface area contributed by atoms with E-state index in [9.17, 15) is 4.79 Å². The SMILES string of the molecule is O=C(NC1CCN(Cc2ccc3ncccc3c2)C1)c1cc(C2CC2)on1. The van der Waals surface area contributed by atoms with Crippen LogP contribution >= 0.6 is 0 Å². The Morgan fingerprint density at radius 3 is 3.04 bits per heavy atom. The quantitative estimate of drug-likeness (QED) is 0.755. The lowest BCUT2D eigenvalue weighted by atomic mass is 10.1. The van der Waals surface area contributed by atoms with Crippen LogP contribution in [0, 0.1) is 0 Å². The average Bonchev–Trinajstić information content (AvgIpc) is 3.25. The van der Waals surface area contributed by atoms with Gasteiger partial charge >= 0.3 is 0 Å². The second kappa shape index (κ2) is 6.78. The van der Waals surface area contributed by atoms with Gasteiger partial charge in [0.25, 0.3) is 5.91 Å². The molecule has 3 heterocycles. The largest absolute Gasteiger partial charge is 0.360 e. The molecule has 2 fully saturated rings. The first-order chi connectivity index (χ1) is 13.2. The molecule has 1 saturated heterocycles. The number of benzene rings is 1. The predicted octanol–water partition coefficient (Wildman–Crippen LogP) is 3.10. The highest BCUT2D eigenvalue weighted by atomic mass is 16.5. The minimum absolute atomic E-state index is 0.130. The minimum atomic E-state index is -0.130. The number of rotatable bonds is 5. The zero-order valence-corrected chi connectivity index (χ0v) is 15.1. The Hall–Kier alpha value is -2.73. The molecule has 1 unspecified atom stereocenters. The summed E-state index contributed by atoms with van der Waals surface area (Å²) in [4.78, 5) is 19.2. The lowest BCUT2D eigenvalue weighted by molar-refractivity contribution is 0.0928. The highest BCUT2D eigenvalue weighted by Gasteiger charge is 2.30. The van der Waals surface area contributed by atoms with Gasteiger partial charge in [0.05, 0.1) is 5.52 Å². The van der Waals surface area contributed by atoms with Crippen molar-refractivity contribution in [3.05, 3.63) is 59.6 Å². The third kappa shape index (κ3) is 3.57. The molecule has 138 valence electrons. The van der Waals surface area contributed by atoms with Crippen molar-refractivity contribution in [2.75, 3.05) is 13.1 Å². The van der Waals surface area contributed by atoms with Crippen molar-refractivity contribution in [3.8, 4) is 0 Å². The maximum Gasteiger partial charge on any atom is 0.273 e. The number of aromatic nitrogens is 2. The van der Waals surface area contributed by atoms with Crippen LogP contribution in [0.2, 0.25) is 0 Å². The molecule has 1 aliphatic carbocycles. The number of fused-ring (bicyclic) bond motifs is 1. The van der Waals surface area contributed by atoms with Crippen LogP contribution in [-0.4, -0.2) is 40.1 Å². The zero-order valence-electron chi connectivity index (χ0n) is 15.1. The summed E-state index contributed by atoms with van der Waals surface area (Å²) in [5.74, 6) is 1.19. The molecule has 1 saturated carbocycles. The van der Waals surface area contributed by atoms with E-state index in [0.29, 0.717) is 11.6 Å². The topological polar surface area (TPSA) is 71.3 Å². The summed E-state index contributed by atoms with van der Waals surface area (Å²) in [5, 5.41) is 8.19. The van der Waals surface area contributed by atoms with Crippen LogP contribution in [0.1, 0.15) is 47.0 Å². The van der Waals surface area contributed by atoms with Gasteiger partial charge in [-0.1, -0.05) is 17.3 Å². The van der Waals surface area contributed by atoms with Gasteiger partial charge in [-0.25, -0.2) is 0 Å². The van der Waals surface area contributed by atoms with Gasteiger partial charge in [0.1, 0.15) is 5.76 Å². The molecule has 1 atom stereocenters. The number of likely N-dealkylation sites (tertiary alicyclic amines) is 1. The van der Waals surface area contributed by atoms with Gasteiger partial charge in [-0.15, -0.1) is 0 Å². The zero-order chi connectivity index (χ0) is 18.2. The Balaban J connectivity index is 1.18. The van der Waals surface area contributed by atoms with E-state index in [-0.39, 0.29) is 11.9 Å². The maximum absolute atomic E-state index is 12.4. The number of pyridine rings is 1. The number of nitrogens with one attached hydrogen (secondary N) is 1. The number of hydrogen-bond acceptors (Lipinski definition) is 5. The minimum Gasteiger partial charge on any atom is -0.360 e. The van der Waals surface area contributed by atoms with Gasteiger partial charge in [0.2, 0.25) is 0 Å². The van der Waals surface area contributed by atoms with Gasteiger partial charge in [0.15, 0.2) is 5.69 Å². The number of amides is 1. The van der Waals surface area contributed by atoms with E-state index >= 15 is 0 Å². The standard InChI is InChI=1S/C21H22N4O2/c26-21(19-11-20(27-24-19)15-4-5-15)23-17-7-9-25(13-17)12-14-3-6-18-16(10-14)2-1-8-22-18/h1-3,6,8,10-11,15,17H,4-5,7,9,12-13H2,(H,23,26). The molecule has 5 rings (SSSR count). The molecule has 2 aliphatic rings. The molecule has 1 aromatic carbocycles. The van der Waals surface area contributed by atoms with Crippen LogP contribution in [0.15, 0.2) is 47.1 Å². The Bertz CT molecular complexity index is 979. The lowest BCUT2D eigenvalue weighted by Crippen LogP contribution is -2.37. The molecule has 1 N–H and O–H groups in total. The Morgan fingerprint density at radius 1 is 1.22 bits per heavy atom. The monoisotopic (exact) mass is 362 g/mol. The average molecular weight is 362 g/mol. The third-order valence-corrected chi connectivity index (χ3v) is 5.42. The van der Waals surface area contributed by atoms with Crippen molar-refractivity contribution in [1.82, 2.24) is 20.4 Å². The first-order valence-electron chi connectivity index (χ1n) is 9.58. The van der Waals surface area contributed by atoms with Gasteiger partial charge in [-0.2, -0.15) is 0 Å². The van der Waals surface area contributed by atoms with Crippen molar-refractivity contribution < 1.29 is 9.32 Å². The smallest absolute Gasteiger partial charge is 0.273 e. The van der Waals surface area contributed by atoms with E-state index in [1.165, 1.54) is 5.56 Å². The molecule has 3 aromatic rings. The predicted molar refractivity (Wildman–Crippen MR) is 101 cm³/mol. The summed E-state index contributed by atoms with van der Waals surface area (Å²) in [5.41, 5.74) is 2.69. The second-order valence-electron chi connectivity index (χ2n) is 7.61. The molecule has 1 amide bonds. The van der Waals surface area contributed by atoms with E-state index < -0.39 is 0 Å². The van der Waals surface area contributed by atoms with Gasteiger partial charge in [-0.3, -0.25) is 14.7 Å². The molecule has 6 heteroatoms. The van der Waals surface area contributed by atoms with Crippen molar-refractivity contribution >= 4 is 16.8 Å². The van der Waals surface area contributed by atoms with E-state index in [2.05, 4.69) is 44.6 Å². The van der Waals surface area contributed by atoms with E-state index in [4.69, 9.17) is 4.52 Å². The van der Waals surface area contributed by atoms with Crippen LogP contribution in [0.4, 0.5) is 0 Å². The molecular weight excluding hydrogens is 340 g/mol. The third-order valence-electron chi connectivity index (χ3n) is 5.42. The van der Waals surface area contributed by atoms with Crippen LogP contribution < -0.4 is 5.32 Å². The van der Waals surface area contributed by atoms with Gasteiger partial charge < -0.3 is 9.84 Å². The van der Waals surface area contributed by atoms with Crippen molar-refractivity contribution in [3.63, 3.8) is 0 Å². The lowest BCUT2D eigenvalue weighted by Gasteiger charge is -2.16. The second-order valence-corrected chi connectivity index (χ2v) is 7.61. The highest BCUT2D eigenvalue weighted by Crippen LogP contribution is 2.40. The number of carbonyl (C=O) groups excluding carboxylic acids is 1. The summed E-state index contributed by atoms with van der Waals surface area (Å²) < 4.78 is 5.28. The molecule has 1 aliphatic heterocycles. The van der Waals surface area contributed by atoms with E-state index in [1.807, 2.05) is 12.3 Å². The van der Waals surface area contributed by atoms with Crippen molar-refractivity contribution in [2.45, 2.75) is 37.8 Å². The molecule has 0 radical (unpaired) electrons. The summed E-state index contributed by atoms with van der Waals surface area (Å²) in [6.07, 6.45) is 5.05. The van der Waals surface area contributed by atoms with Crippen LogP contribution in [0.25, 0.3) is 10.9 Å². The summed E-state index contributed by atoms with van der Waals surface area (Å²) >= 11 is 0. The molecule has 0 bridgehead atoms. The number of carbonyl (C=O) groups is 1. The fourth-order valence-electron chi connectivity index (χ4n) is 3.79. The summed E-state index contributed by atoms with van der Waals surface area (Å²) in [6.45, 7) is 2.71. The summed E-state index contributed by atoms with van der Waals surface area (Å²) in [6, 6.07) is 12.4. The normalized spacial score (nSPS) is 20.2. The number of nitrogens with zero attached hydrogens (tertiary/aromatic N) is 3. The fourth-order valence-corrected chi connectivity index (χ4v) is 3.79. The van der Waals surface area contributed by atoms with Crippen LogP contribution in [-0.2, 0) is 6.54 Å². The van der Waals surface area contributed by atoms with E-state index in [0.717, 1.165) is 55.6 Å². The first-order valence-corrected chi connectivity index (χ1v) is 9.58. The molecular formula is C21H22N4O2. The van der Waals surface area contributed by atoms with Crippen molar-refractivity contribution in [1.29, 1.82) is 0 Å². The Kier molecular flexibility index (Phi) is 4.13. The van der Waals surface area contributed by atoms with Gasteiger partial charge in [-0.05, 0) is 43.0 Å². The van der Waals surface area contributed by atoms with Crippen LogP contribution in [0.3, 0.4) is 0 Å². The van der Waals surface area contributed by atoms with Gasteiger partial charge in [0, 0.05) is 49.2 Å².